The molecule has 1 aromatic rings. The van der Waals surface area contributed by atoms with E-state index in [2.05, 4.69) is 9.88 Å². The summed E-state index contributed by atoms with van der Waals surface area (Å²) in [5.74, 6) is 0.449. The van der Waals surface area contributed by atoms with Crippen LogP contribution >= 0.6 is 11.6 Å². The number of pyridine rings is 1. The number of rotatable bonds is 3. The van der Waals surface area contributed by atoms with Gasteiger partial charge in [-0.1, -0.05) is 17.7 Å². The van der Waals surface area contributed by atoms with Crippen LogP contribution in [0.15, 0.2) is 18.3 Å². The van der Waals surface area contributed by atoms with E-state index >= 15 is 0 Å². The van der Waals surface area contributed by atoms with Crippen molar-refractivity contribution < 1.29 is 5.11 Å². The summed E-state index contributed by atoms with van der Waals surface area (Å²) in [5, 5.41) is 9.57. The highest BCUT2D eigenvalue weighted by molar-refractivity contribution is 6.29. The van der Waals surface area contributed by atoms with E-state index in [1.165, 1.54) is 5.56 Å². The van der Waals surface area contributed by atoms with Crippen LogP contribution in [-0.2, 0) is 6.54 Å². The fraction of sp³-hybridized carbons (Fsp3) is 0.545. The largest absolute Gasteiger partial charge is 0.396 e. The number of aliphatic hydroxyl groups is 1. The van der Waals surface area contributed by atoms with E-state index < -0.39 is 0 Å². The quantitative estimate of drug-likeness (QED) is 0.795. The molecule has 1 N–H and O–H groups in total. The molecule has 1 aliphatic rings. The van der Waals surface area contributed by atoms with Gasteiger partial charge in [-0.25, -0.2) is 4.98 Å². The second kappa shape index (κ2) is 4.92. The lowest BCUT2D eigenvalue weighted by atomic mass is 10.1. The molecule has 82 valence electrons. The van der Waals surface area contributed by atoms with Gasteiger partial charge in [0, 0.05) is 25.9 Å². The first-order valence-electron chi connectivity index (χ1n) is 5.21. The van der Waals surface area contributed by atoms with Crippen LogP contribution in [0.4, 0.5) is 0 Å². The number of aromatic nitrogens is 1. The first-order chi connectivity index (χ1) is 7.28. The maximum Gasteiger partial charge on any atom is 0.129 e. The Hall–Kier alpha value is -0.640. The summed E-state index contributed by atoms with van der Waals surface area (Å²) in [6, 6.07) is 3.82. The lowest BCUT2D eigenvalue weighted by Crippen LogP contribution is -2.21. The standard InChI is InChI=1S/C11H15ClN2O/c12-11-2-1-9(5-13-11)6-14-4-3-10(7-14)8-15/h1-2,5,10,15H,3-4,6-8H2. The normalized spacial score (nSPS) is 22.1. The molecule has 3 nitrogen and oxygen atoms in total. The van der Waals surface area contributed by atoms with E-state index in [1.807, 2.05) is 18.3 Å². The average molecular weight is 227 g/mol. The highest BCUT2D eigenvalue weighted by Crippen LogP contribution is 2.18. The molecule has 1 aromatic heterocycles. The Bertz CT molecular complexity index is 315. The minimum atomic E-state index is 0.301. The van der Waals surface area contributed by atoms with Crippen molar-refractivity contribution in [3.63, 3.8) is 0 Å². The van der Waals surface area contributed by atoms with Gasteiger partial charge in [0.25, 0.3) is 0 Å². The predicted molar refractivity (Wildman–Crippen MR) is 59.7 cm³/mol. The molecule has 0 saturated carbocycles. The molecule has 1 saturated heterocycles. The predicted octanol–water partition coefficient (Wildman–Crippen LogP) is 1.55. The van der Waals surface area contributed by atoms with Gasteiger partial charge >= 0.3 is 0 Å². The van der Waals surface area contributed by atoms with Crippen molar-refractivity contribution in [3.8, 4) is 0 Å². The Labute approximate surface area is 94.7 Å². The summed E-state index contributed by atoms with van der Waals surface area (Å²) in [5.41, 5.74) is 1.18. The molecule has 1 atom stereocenters. The third-order valence-corrected chi connectivity index (χ3v) is 3.05. The minimum absolute atomic E-state index is 0.301. The van der Waals surface area contributed by atoms with Crippen molar-refractivity contribution in [2.24, 2.45) is 5.92 Å². The number of likely N-dealkylation sites (tertiary alicyclic amines) is 1. The van der Waals surface area contributed by atoms with E-state index in [9.17, 15) is 0 Å². The van der Waals surface area contributed by atoms with E-state index in [4.69, 9.17) is 16.7 Å². The third-order valence-electron chi connectivity index (χ3n) is 2.82. The van der Waals surface area contributed by atoms with Gasteiger partial charge in [0.2, 0.25) is 0 Å². The molecule has 2 rings (SSSR count). The number of hydrogen-bond donors (Lipinski definition) is 1. The Kier molecular flexibility index (Phi) is 3.57. The van der Waals surface area contributed by atoms with Crippen molar-refractivity contribution in [1.29, 1.82) is 0 Å². The topological polar surface area (TPSA) is 36.4 Å². The monoisotopic (exact) mass is 226 g/mol. The highest BCUT2D eigenvalue weighted by atomic mass is 35.5. The second-order valence-corrected chi connectivity index (χ2v) is 4.45. The summed E-state index contributed by atoms with van der Waals surface area (Å²) in [6.07, 6.45) is 2.91. The molecule has 0 radical (unpaired) electrons. The van der Waals surface area contributed by atoms with Crippen molar-refractivity contribution in [2.75, 3.05) is 19.7 Å². The Morgan fingerprint density at radius 3 is 3.00 bits per heavy atom. The van der Waals surface area contributed by atoms with Crippen LogP contribution in [0.5, 0.6) is 0 Å². The maximum atomic E-state index is 9.03. The minimum Gasteiger partial charge on any atom is -0.396 e. The molecule has 0 bridgehead atoms. The van der Waals surface area contributed by atoms with Crippen molar-refractivity contribution in [1.82, 2.24) is 9.88 Å². The van der Waals surface area contributed by atoms with Crippen LogP contribution in [0, 0.1) is 5.92 Å². The van der Waals surface area contributed by atoms with Crippen LogP contribution in [0.3, 0.4) is 0 Å². The first-order valence-corrected chi connectivity index (χ1v) is 5.59. The summed E-state index contributed by atoms with van der Waals surface area (Å²) in [6.45, 7) is 3.25. The van der Waals surface area contributed by atoms with Crippen LogP contribution in [0.2, 0.25) is 5.15 Å². The van der Waals surface area contributed by atoms with Crippen LogP contribution < -0.4 is 0 Å². The lowest BCUT2D eigenvalue weighted by molar-refractivity contribution is 0.220. The summed E-state index contributed by atoms with van der Waals surface area (Å²) >= 11 is 5.72. The Balaban J connectivity index is 1.90. The molecular formula is C11H15ClN2O. The van der Waals surface area contributed by atoms with Gasteiger partial charge in [-0.2, -0.15) is 0 Å². The van der Waals surface area contributed by atoms with Gasteiger partial charge in [-0.05, 0) is 30.5 Å². The van der Waals surface area contributed by atoms with Crippen LogP contribution in [-0.4, -0.2) is 34.7 Å². The number of hydrogen-bond acceptors (Lipinski definition) is 3. The molecule has 1 unspecified atom stereocenters. The Morgan fingerprint density at radius 2 is 2.40 bits per heavy atom. The molecule has 15 heavy (non-hydrogen) atoms. The zero-order valence-electron chi connectivity index (χ0n) is 8.56. The van der Waals surface area contributed by atoms with Crippen LogP contribution in [0.25, 0.3) is 0 Å². The summed E-state index contributed by atoms with van der Waals surface area (Å²) in [4.78, 5) is 6.39. The molecule has 1 aliphatic heterocycles. The number of nitrogens with zero attached hydrogens (tertiary/aromatic N) is 2. The molecule has 0 aromatic carbocycles. The summed E-state index contributed by atoms with van der Waals surface area (Å²) in [7, 11) is 0. The highest BCUT2D eigenvalue weighted by Gasteiger charge is 2.21. The molecule has 0 amide bonds. The average Bonchev–Trinajstić information content (AvgIpc) is 2.69. The van der Waals surface area contributed by atoms with Gasteiger partial charge < -0.3 is 5.11 Å². The van der Waals surface area contributed by atoms with Crippen molar-refractivity contribution >= 4 is 11.6 Å². The maximum absolute atomic E-state index is 9.03. The van der Waals surface area contributed by atoms with Crippen LogP contribution in [0.1, 0.15) is 12.0 Å². The molecular weight excluding hydrogens is 212 g/mol. The molecule has 0 aliphatic carbocycles. The zero-order valence-corrected chi connectivity index (χ0v) is 9.32. The van der Waals surface area contributed by atoms with Gasteiger partial charge in [0.15, 0.2) is 0 Å². The van der Waals surface area contributed by atoms with Gasteiger partial charge in [-0.15, -0.1) is 0 Å². The third kappa shape index (κ3) is 2.91. The number of halogens is 1. The fourth-order valence-electron chi connectivity index (χ4n) is 1.96. The SMILES string of the molecule is OCC1CCN(Cc2ccc(Cl)nc2)C1. The zero-order chi connectivity index (χ0) is 10.7. The molecule has 1 fully saturated rings. The van der Waals surface area contributed by atoms with Gasteiger partial charge in [0.1, 0.15) is 5.15 Å². The smallest absolute Gasteiger partial charge is 0.129 e. The van der Waals surface area contributed by atoms with E-state index in [-0.39, 0.29) is 0 Å². The first kappa shape index (κ1) is 10.9. The summed E-state index contributed by atoms with van der Waals surface area (Å²) < 4.78 is 0. The molecule has 2 heterocycles. The number of aliphatic hydroxyl groups excluding tert-OH is 1. The van der Waals surface area contributed by atoms with Gasteiger partial charge in [0.05, 0.1) is 0 Å². The lowest BCUT2D eigenvalue weighted by Gasteiger charge is -2.15. The fourth-order valence-corrected chi connectivity index (χ4v) is 2.08. The second-order valence-electron chi connectivity index (χ2n) is 4.06. The molecule has 4 heteroatoms. The Morgan fingerprint density at radius 1 is 1.53 bits per heavy atom. The van der Waals surface area contributed by atoms with E-state index in [0.29, 0.717) is 17.7 Å². The van der Waals surface area contributed by atoms with Gasteiger partial charge in [-0.3, -0.25) is 4.90 Å². The van der Waals surface area contributed by atoms with Crippen molar-refractivity contribution in [2.45, 2.75) is 13.0 Å². The van der Waals surface area contributed by atoms with E-state index in [1.54, 1.807) is 0 Å². The molecule has 0 spiro atoms. The van der Waals surface area contributed by atoms with Crippen molar-refractivity contribution in [3.05, 3.63) is 29.0 Å². The van der Waals surface area contributed by atoms with E-state index in [0.717, 1.165) is 26.1 Å².